The summed E-state index contributed by atoms with van der Waals surface area (Å²) < 4.78 is 12.9. The Kier molecular flexibility index (Phi) is 8.14. The summed E-state index contributed by atoms with van der Waals surface area (Å²) in [4.78, 5) is 26.3. The van der Waals surface area contributed by atoms with Crippen molar-refractivity contribution in [2.45, 2.75) is 39.8 Å². The lowest BCUT2D eigenvalue weighted by Gasteiger charge is -2.18. The highest BCUT2D eigenvalue weighted by molar-refractivity contribution is 5.97. The number of ketones is 1. The molecule has 0 radical (unpaired) electrons. The Morgan fingerprint density at radius 3 is 2.07 bits per heavy atom. The fraction of sp³-hybridized carbons (Fsp3) is 0.364. The molecule has 2 rings (SSSR count). The second kappa shape index (κ2) is 10.6. The zero-order chi connectivity index (χ0) is 19.6. The largest absolute Gasteiger partial charge is 0.352 e. The molecule has 2 aromatic rings. The average molecular weight is 370 g/mol. The van der Waals surface area contributed by atoms with Gasteiger partial charge in [0.1, 0.15) is 5.82 Å². The number of Topliss-reactive ketones (excluding diaryl/α,β-unsaturated/α-hetero) is 1. The molecule has 27 heavy (non-hydrogen) atoms. The number of carbonyl (C=O) groups is 2. The van der Waals surface area contributed by atoms with Gasteiger partial charge in [-0.2, -0.15) is 0 Å². The van der Waals surface area contributed by atoms with Crippen LogP contribution < -0.4 is 5.32 Å². The van der Waals surface area contributed by atoms with Crippen LogP contribution in [-0.2, 0) is 17.9 Å². The maximum absolute atomic E-state index is 12.9. The van der Waals surface area contributed by atoms with Crippen LogP contribution in [0.2, 0.25) is 0 Å². The number of hydrogen-bond acceptors (Lipinski definition) is 3. The van der Waals surface area contributed by atoms with Crippen molar-refractivity contribution in [3.8, 4) is 0 Å². The van der Waals surface area contributed by atoms with Gasteiger partial charge < -0.3 is 5.32 Å². The van der Waals surface area contributed by atoms with Crippen molar-refractivity contribution < 1.29 is 14.0 Å². The van der Waals surface area contributed by atoms with Crippen LogP contribution in [0, 0.1) is 5.82 Å². The first-order valence-electron chi connectivity index (χ1n) is 9.37. The molecule has 5 heteroatoms. The van der Waals surface area contributed by atoms with Crippen molar-refractivity contribution >= 4 is 11.7 Å². The summed E-state index contributed by atoms with van der Waals surface area (Å²) in [6, 6.07) is 13.6. The van der Waals surface area contributed by atoms with Gasteiger partial charge in [0, 0.05) is 31.5 Å². The second-order valence-electron chi connectivity index (χ2n) is 6.48. The normalized spacial score (nSPS) is 10.8. The Hall–Kier alpha value is -2.53. The summed E-state index contributed by atoms with van der Waals surface area (Å²) in [6.07, 6.45) is 0.233. The smallest absolute Gasteiger partial charge is 0.220 e. The van der Waals surface area contributed by atoms with E-state index >= 15 is 0 Å². The van der Waals surface area contributed by atoms with E-state index in [4.69, 9.17) is 0 Å². The Labute approximate surface area is 160 Å². The van der Waals surface area contributed by atoms with Gasteiger partial charge >= 0.3 is 0 Å². The van der Waals surface area contributed by atoms with Crippen LogP contribution in [0.5, 0.6) is 0 Å². The predicted octanol–water partition coefficient (Wildman–Crippen LogP) is 3.95. The van der Waals surface area contributed by atoms with E-state index in [2.05, 4.69) is 36.2 Å². The third kappa shape index (κ3) is 6.94. The van der Waals surface area contributed by atoms with Crippen molar-refractivity contribution in [1.82, 2.24) is 10.2 Å². The van der Waals surface area contributed by atoms with E-state index in [1.54, 1.807) is 0 Å². The van der Waals surface area contributed by atoms with Gasteiger partial charge in [-0.3, -0.25) is 14.5 Å². The number of carbonyl (C=O) groups excluding carboxylic acids is 2. The molecule has 0 atom stereocenters. The molecule has 0 saturated heterocycles. The molecule has 1 amide bonds. The number of amides is 1. The van der Waals surface area contributed by atoms with Gasteiger partial charge in [-0.05, 0) is 48.5 Å². The fourth-order valence-corrected chi connectivity index (χ4v) is 2.76. The highest BCUT2D eigenvalue weighted by Gasteiger charge is 2.09. The predicted molar refractivity (Wildman–Crippen MR) is 105 cm³/mol. The third-order valence-electron chi connectivity index (χ3n) is 4.56. The Balaban J connectivity index is 1.75. The van der Waals surface area contributed by atoms with E-state index in [-0.39, 0.29) is 30.3 Å². The van der Waals surface area contributed by atoms with Crippen LogP contribution in [0.3, 0.4) is 0 Å². The number of nitrogens with one attached hydrogen (secondary N) is 1. The van der Waals surface area contributed by atoms with Gasteiger partial charge in [-0.15, -0.1) is 0 Å². The van der Waals surface area contributed by atoms with E-state index < -0.39 is 0 Å². The van der Waals surface area contributed by atoms with E-state index in [9.17, 15) is 14.0 Å². The first-order valence-corrected chi connectivity index (χ1v) is 9.37. The zero-order valence-corrected chi connectivity index (χ0v) is 16.0. The molecule has 0 saturated carbocycles. The maximum atomic E-state index is 12.9. The zero-order valence-electron chi connectivity index (χ0n) is 16.0. The highest BCUT2D eigenvalue weighted by atomic mass is 19.1. The molecule has 1 N–H and O–H groups in total. The molecule has 0 unspecified atom stereocenters. The molecule has 0 aliphatic carbocycles. The number of rotatable bonds is 10. The minimum absolute atomic E-state index is 0.111. The molecule has 144 valence electrons. The summed E-state index contributed by atoms with van der Waals surface area (Å²) in [6.45, 7) is 7.69. The van der Waals surface area contributed by atoms with Gasteiger partial charge in [-0.25, -0.2) is 4.39 Å². The van der Waals surface area contributed by atoms with Gasteiger partial charge in [-0.1, -0.05) is 38.1 Å². The molecule has 4 nitrogen and oxygen atoms in total. The summed E-state index contributed by atoms with van der Waals surface area (Å²) in [5, 5.41) is 2.84. The third-order valence-corrected chi connectivity index (χ3v) is 4.56. The molecule has 0 heterocycles. The molecule has 0 aliphatic rings. The monoisotopic (exact) mass is 370 g/mol. The van der Waals surface area contributed by atoms with Gasteiger partial charge in [0.15, 0.2) is 5.78 Å². The number of benzene rings is 2. The van der Waals surface area contributed by atoms with Crippen LogP contribution in [0.15, 0.2) is 48.5 Å². The minimum atomic E-state index is -0.382. The molecule has 2 aromatic carbocycles. The van der Waals surface area contributed by atoms with Crippen LogP contribution in [-0.4, -0.2) is 29.7 Å². The SMILES string of the molecule is CCN(CC)Cc1ccc(CNC(=O)CCC(=O)c2ccc(F)cc2)cc1. The van der Waals surface area contributed by atoms with E-state index in [0.29, 0.717) is 12.1 Å². The highest BCUT2D eigenvalue weighted by Crippen LogP contribution is 2.09. The summed E-state index contributed by atoms with van der Waals surface area (Å²) >= 11 is 0. The molecule has 0 aromatic heterocycles. The Bertz CT molecular complexity index is 738. The molecular weight excluding hydrogens is 343 g/mol. The van der Waals surface area contributed by atoms with Gasteiger partial charge in [0.2, 0.25) is 5.91 Å². The van der Waals surface area contributed by atoms with Crippen LogP contribution in [0.1, 0.15) is 48.2 Å². The van der Waals surface area contributed by atoms with Gasteiger partial charge in [0.05, 0.1) is 0 Å². The second-order valence-corrected chi connectivity index (χ2v) is 6.48. The standard InChI is InChI=1S/C22H27FN2O2/c1-3-25(4-2)16-18-7-5-17(6-8-18)15-24-22(27)14-13-21(26)19-9-11-20(23)12-10-19/h5-12H,3-4,13-16H2,1-2H3,(H,24,27). The molecule has 0 fully saturated rings. The molecule has 0 bridgehead atoms. The van der Waals surface area contributed by atoms with Crippen LogP contribution >= 0.6 is 0 Å². The lowest BCUT2D eigenvalue weighted by molar-refractivity contribution is -0.121. The van der Waals surface area contributed by atoms with Crippen molar-refractivity contribution in [1.29, 1.82) is 0 Å². The summed E-state index contributed by atoms with van der Waals surface area (Å²) in [5.74, 6) is -0.712. The minimum Gasteiger partial charge on any atom is -0.352 e. The van der Waals surface area contributed by atoms with E-state index in [1.165, 1.54) is 29.8 Å². The van der Waals surface area contributed by atoms with Crippen molar-refractivity contribution in [3.05, 3.63) is 71.0 Å². The fourth-order valence-electron chi connectivity index (χ4n) is 2.76. The molecule has 0 spiro atoms. The number of nitrogens with zero attached hydrogens (tertiary/aromatic N) is 1. The average Bonchev–Trinajstić information content (AvgIpc) is 2.70. The lowest BCUT2D eigenvalue weighted by atomic mass is 10.1. The quantitative estimate of drug-likeness (QED) is 0.645. The van der Waals surface area contributed by atoms with E-state index in [0.717, 1.165) is 25.2 Å². The maximum Gasteiger partial charge on any atom is 0.220 e. The Morgan fingerprint density at radius 2 is 1.48 bits per heavy atom. The van der Waals surface area contributed by atoms with Crippen molar-refractivity contribution in [2.75, 3.05) is 13.1 Å². The number of hydrogen-bond donors (Lipinski definition) is 1. The van der Waals surface area contributed by atoms with Crippen molar-refractivity contribution in [3.63, 3.8) is 0 Å². The summed E-state index contributed by atoms with van der Waals surface area (Å²) in [5.41, 5.74) is 2.70. The number of halogens is 1. The first-order chi connectivity index (χ1) is 13.0. The molecular formula is C22H27FN2O2. The van der Waals surface area contributed by atoms with Crippen LogP contribution in [0.4, 0.5) is 4.39 Å². The Morgan fingerprint density at radius 1 is 0.889 bits per heavy atom. The first kappa shape index (κ1) is 20.8. The topological polar surface area (TPSA) is 49.4 Å². The van der Waals surface area contributed by atoms with Crippen molar-refractivity contribution in [2.24, 2.45) is 0 Å². The molecule has 0 aliphatic heterocycles. The van der Waals surface area contributed by atoms with E-state index in [1.807, 2.05) is 12.1 Å². The van der Waals surface area contributed by atoms with Gasteiger partial charge in [0.25, 0.3) is 0 Å². The van der Waals surface area contributed by atoms with Crippen LogP contribution in [0.25, 0.3) is 0 Å². The summed E-state index contributed by atoms with van der Waals surface area (Å²) in [7, 11) is 0. The lowest BCUT2D eigenvalue weighted by Crippen LogP contribution is -2.23.